The highest BCUT2D eigenvalue weighted by Crippen LogP contribution is 2.12. The molecule has 0 aliphatic carbocycles. The molecule has 2 aromatic carbocycles. The number of rotatable bonds is 4. The molecule has 0 unspecified atom stereocenters. The second-order valence-corrected chi connectivity index (χ2v) is 4.35. The van der Waals surface area contributed by atoms with Gasteiger partial charge in [-0.15, -0.1) is 0 Å². The van der Waals surface area contributed by atoms with Gasteiger partial charge in [-0.1, -0.05) is 68.4 Å². The summed E-state index contributed by atoms with van der Waals surface area (Å²) in [5.41, 5.74) is 11.1. The van der Waals surface area contributed by atoms with Crippen molar-refractivity contribution in [3.8, 4) is 0 Å². The largest absolute Gasteiger partial charge is 0.384 e. The Bertz CT molecular complexity index is 524. The standard InChI is InChI=1S/C15H16N2.C2H6.CH6N2/c16-15(17)14-9-5-4-8-13(14)11-10-12-6-2-1-3-7-12;1-2;1-3-2/h1-9H,10-11H2,(H3,16,17);1-2H3;3H,2H2,1H3. The van der Waals surface area contributed by atoms with Crippen molar-refractivity contribution in [2.75, 3.05) is 7.05 Å². The van der Waals surface area contributed by atoms with E-state index in [-0.39, 0.29) is 5.84 Å². The van der Waals surface area contributed by atoms with Crippen molar-refractivity contribution in [1.29, 1.82) is 5.41 Å². The van der Waals surface area contributed by atoms with Crippen molar-refractivity contribution in [2.24, 2.45) is 11.6 Å². The molecule has 4 nitrogen and oxygen atoms in total. The SMILES string of the molecule is CC.CNN.N=C(N)c1ccccc1CCc1ccccc1. The molecule has 0 amide bonds. The topological polar surface area (TPSA) is 87.9 Å². The van der Waals surface area contributed by atoms with Gasteiger partial charge in [0.05, 0.1) is 0 Å². The number of hydrogen-bond acceptors (Lipinski definition) is 3. The van der Waals surface area contributed by atoms with E-state index in [2.05, 4.69) is 23.4 Å². The molecule has 0 aliphatic heterocycles. The Morgan fingerprint density at radius 2 is 1.45 bits per heavy atom. The lowest BCUT2D eigenvalue weighted by Gasteiger charge is -2.07. The molecule has 0 aliphatic rings. The molecular formula is C18H28N4. The van der Waals surface area contributed by atoms with Gasteiger partial charge >= 0.3 is 0 Å². The summed E-state index contributed by atoms with van der Waals surface area (Å²) in [6.45, 7) is 4.00. The summed E-state index contributed by atoms with van der Waals surface area (Å²) in [6.07, 6.45) is 1.89. The van der Waals surface area contributed by atoms with Crippen LogP contribution in [0, 0.1) is 5.41 Å². The molecule has 0 saturated carbocycles. The predicted octanol–water partition coefficient (Wildman–Crippen LogP) is 2.86. The first-order chi connectivity index (χ1) is 10.7. The van der Waals surface area contributed by atoms with Crippen molar-refractivity contribution < 1.29 is 0 Å². The maximum atomic E-state index is 7.54. The van der Waals surface area contributed by atoms with E-state index < -0.39 is 0 Å². The van der Waals surface area contributed by atoms with Gasteiger partial charge in [0.2, 0.25) is 0 Å². The molecule has 6 N–H and O–H groups in total. The molecule has 0 radical (unpaired) electrons. The Morgan fingerprint density at radius 1 is 0.955 bits per heavy atom. The molecule has 22 heavy (non-hydrogen) atoms. The van der Waals surface area contributed by atoms with Crippen LogP contribution in [0.3, 0.4) is 0 Å². The minimum Gasteiger partial charge on any atom is -0.384 e. The fraction of sp³-hybridized carbons (Fsp3) is 0.278. The van der Waals surface area contributed by atoms with Crippen molar-refractivity contribution >= 4 is 5.84 Å². The minimum absolute atomic E-state index is 0.147. The van der Waals surface area contributed by atoms with E-state index in [9.17, 15) is 0 Å². The van der Waals surface area contributed by atoms with E-state index in [1.54, 1.807) is 7.05 Å². The number of hydrazine groups is 1. The number of nitrogens with one attached hydrogen (secondary N) is 2. The van der Waals surface area contributed by atoms with Crippen LogP contribution in [0.4, 0.5) is 0 Å². The number of nitrogen functional groups attached to an aromatic ring is 1. The third-order valence-electron chi connectivity index (χ3n) is 2.83. The Hall–Kier alpha value is -2.17. The zero-order valence-electron chi connectivity index (χ0n) is 13.8. The highest BCUT2D eigenvalue weighted by molar-refractivity contribution is 5.96. The van der Waals surface area contributed by atoms with E-state index in [4.69, 9.17) is 11.1 Å². The van der Waals surface area contributed by atoms with Gasteiger partial charge in [0.25, 0.3) is 0 Å². The van der Waals surface area contributed by atoms with Crippen LogP contribution in [-0.2, 0) is 12.8 Å². The number of amidine groups is 1. The van der Waals surface area contributed by atoms with Crippen LogP contribution in [0.1, 0.15) is 30.5 Å². The Labute approximate surface area is 134 Å². The van der Waals surface area contributed by atoms with Gasteiger partial charge in [0.15, 0.2) is 0 Å². The maximum Gasteiger partial charge on any atom is 0.123 e. The average molecular weight is 300 g/mol. The van der Waals surface area contributed by atoms with Crippen LogP contribution in [-0.4, -0.2) is 12.9 Å². The third-order valence-corrected chi connectivity index (χ3v) is 2.83. The monoisotopic (exact) mass is 300 g/mol. The summed E-state index contributed by atoms with van der Waals surface area (Å²) >= 11 is 0. The molecule has 0 saturated heterocycles. The van der Waals surface area contributed by atoms with Gasteiger partial charge in [-0.3, -0.25) is 16.7 Å². The van der Waals surface area contributed by atoms with Gasteiger partial charge in [-0.05, 0) is 31.0 Å². The van der Waals surface area contributed by atoms with Crippen LogP contribution in [0.2, 0.25) is 0 Å². The van der Waals surface area contributed by atoms with E-state index >= 15 is 0 Å². The number of nitrogens with two attached hydrogens (primary N) is 2. The highest BCUT2D eigenvalue weighted by Gasteiger charge is 2.04. The molecule has 0 fully saturated rings. The Kier molecular flexibility index (Phi) is 11.3. The van der Waals surface area contributed by atoms with E-state index in [0.29, 0.717) is 0 Å². The first-order valence-corrected chi connectivity index (χ1v) is 7.52. The van der Waals surface area contributed by atoms with Crippen molar-refractivity contribution in [2.45, 2.75) is 26.7 Å². The lowest BCUT2D eigenvalue weighted by atomic mass is 9.99. The second-order valence-electron chi connectivity index (χ2n) is 4.35. The first kappa shape index (κ1) is 19.8. The quantitative estimate of drug-likeness (QED) is 0.303. The molecule has 2 aromatic rings. The van der Waals surface area contributed by atoms with E-state index in [1.165, 1.54) is 5.56 Å². The summed E-state index contributed by atoms with van der Waals surface area (Å²) in [7, 11) is 1.65. The summed E-state index contributed by atoms with van der Waals surface area (Å²) in [4.78, 5) is 0. The van der Waals surface area contributed by atoms with Gasteiger partial charge in [-0.2, -0.15) is 0 Å². The molecule has 4 heteroatoms. The average Bonchev–Trinajstić information content (AvgIpc) is 2.57. The Balaban J connectivity index is 0.000000789. The molecular weight excluding hydrogens is 272 g/mol. The van der Waals surface area contributed by atoms with Crippen LogP contribution in [0.15, 0.2) is 54.6 Å². The van der Waals surface area contributed by atoms with Crippen molar-refractivity contribution in [1.82, 2.24) is 5.43 Å². The third kappa shape index (κ3) is 7.57. The highest BCUT2D eigenvalue weighted by atomic mass is 15.2. The molecule has 0 spiro atoms. The predicted molar refractivity (Wildman–Crippen MR) is 95.9 cm³/mol. The van der Waals surface area contributed by atoms with E-state index in [0.717, 1.165) is 24.0 Å². The summed E-state index contributed by atoms with van der Waals surface area (Å²) in [6, 6.07) is 18.2. The van der Waals surface area contributed by atoms with Crippen molar-refractivity contribution in [3.05, 3.63) is 71.3 Å². The van der Waals surface area contributed by atoms with Gasteiger partial charge in [0, 0.05) is 5.56 Å². The fourth-order valence-electron chi connectivity index (χ4n) is 1.92. The lowest BCUT2D eigenvalue weighted by molar-refractivity contribution is 0.900. The van der Waals surface area contributed by atoms with Crippen molar-refractivity contribution in [3.63, 3.8) is 0 Å². The van der Waals surface area contributed by atoms with Gasteiger partial charge < -0.3 is 5.73 Å². The number of aryl methyl sites for hydroxylation is 2. The molecule has 2 rings (SSSR count). The smallest absolute Gasteiger partial charge is 0.123 e. The zero-order valence-corrected chi connectivity index (χ0v) is 13.8. The molecule has 0 heterocycles. The molecule has 0 bridgehead atoms. The molecule has 0 atom stereocenters. The van der Waals surface area contributed by atoms with Crippen LogP contribution < -0.4 is 17.0 Å². The van der Waals surface area contributed by atoms with Gasteiger partial charge in [0.1, 0.15) is 5.84 Å². The van der Waals surface area contributed by atoms with Crippen LogP contribution in [0.25, 0.3) is 0 Å². The zero-order chi connectivity index (χ0) is 16.8. The Morgan fingerprint density at radius 3 is 2.00 bits per heavy atom. The number of benzene rings is 2. The summed E-state index contributed by atoms with van der Waals surface area (Å²) in [5.74, 6) is 4.74. The van der Waals surface area contributed by atoms with Crippen LogP contribution in [0.5, 0.6) is 0 Å². The first-order valence-electron chi connectivity index (χ1n) is 7.52. The fourth-order valence-corrected chi connectivity index (χ4v) is 1.92. The van der Waals surface area contributed by atoms with Crippen LogP contribution >= 0.6 is 0 Å². The van der Waals surface area contributed by atoms with Gasteiger partial charge in [-0.25, -0.2) is 0 Å². The molecule has 120 valence electrons. The minimum atomic E-state index is 0.147. The molecule has 0 aromatic heterocycles. The lowest BCUT2D eigenvalue weighted by Crippen LogP contribution is -2.14. The summed E-state index contributed by atoms with van der Waals surface area (Å²) in [5, 5.41) is 7.54. The maximum absolute atomic E-state index is 7.54. The number of hydrogen-bond donors (Lipinski definition) is 4. The second kappa shape index (κ2) is 12.6. The summed E-state index contributed by atoms with van der Waals surface area (Å²) < 4.78 is 0. The van der Waals surface area contributed by atoms with E-state index in [1.807, 2.05) is 56.3 Å². The normalized spacial score (nSPS) is 8.91.